The Morgan fingerprint density at radius 2 is 2.05 bits per heavy atom. The highest BCUT2D eigenvalue weighted by molar-refractivity contribution is 5.21. The third kappa shape index (κ3) is 2.41. The second-order valence-corrected chi connectivity index (χ2v) is 5.13. The van der Waals surface area contributed by atoms with E-state index in [1.54, 1.807) is 0 Å². The summed E-state index contributed by atoms with van der Waals surface area (Å²) in [7, 11) is 2.07. The molecule has 0 amide bonds. The summed E-state index contributed by atoms with van der Waals surface area (Å²) in [6, 6.07) is 10.6. The third-order valence-corrected chi connectivity index (χ3v) is 3.86. The summed E-state index contributed by atoms with van der Waals surface area (Å²) in [5, 5.41) is 0. The summed E-state index contributed by atoms with van der Waals surface area (Å²) >= 11 is 0. The molecule has 0 aliphatic carbocycles. The van der Waals surface area contributed by atoms with Gasteiger partial charge in [-0.05, 0) is 5.56 Å². The molecule has 0 atom stereocenters. The predicted molar refractivity (Wildman–Crippen MR) is 75.4 cm³/mol. The zero-order valence-corrected chi connectivity index (χ0v) is 11.3. The van der Waals surface area contributed by atoms with Crippen LogP contribution in [0, 0.1) is 0 Å². The van der Waals surface area contributed by atoms with E-state index >= 15 is 0 Å². The first kappa shape index (κ1) is 12.4. The standard InChI is InChI=1S/C15H20N4/c1-18-14-11-19(10-12-5-3-2-4-6-12)8-7-13(14)17-15(18)9-16/h2-6H,7-11,16H2,1H3. The molecule has 19 heavy (non-hydrogen) atoms. The Labute approximate surface area is 113 Å². The van der Waals surface area contributed by atoms with Crippen molar-refractivity contribution in [1.29, 1.82) is 0 Å². The summed E-state index contributed by atoms with van der Waals surface area (Å²) in [5.74, 6) is 0.992. The maximum atomic E-state index is 5.72. The van der Waals surface area contributed by atoms with Crippen LogP contribution in [0.15, 0.2) is 30.3 Å². The molecule has 4 heteroatoms. The molecule has 0 radical (unpaired) electrons. The molecule has 0 saturated heterocycles. The molecule has 2 heterocycles. The fourth-order valence-electron chi connectivity index (χ4n) is 2.76. The Hall–Kier alpha value is -1.65. The number of imidazole rings is 1. The minimum atomic E-state index is 0.516. The van der Waals surface area contributed by atoms with Crippen LogP contribution in [0.25, 0.3) is 0 Å². The van der Waals surface area contributed by atoms with Gasteiger partial charge in [0.1, 0.15) is 5.82 Å². The first-order chi connectivity index (χ1) is 9.28. The van der Waals surface area contributed by atoms with Crippen molar-refractivity contribution < 1.29 is 0 Å². The van der Waals surface area contributed by atoms with E-state index in [1.807, 2.05) is 0 Å². The van der Waals surface area contributed by atoms with Gasteiger partial charge in [0.2, 0.25) is 0 Å². The molecule has 1 aromatic heterocycles. The molecule has 0 unspecified atom stereocenters. The monoisotopic (exact) mass is 256 g/mol. The number of nitrogens with zero attached hydrogens (tertiary/aromatic N) is 3. The number of benzene rings is 1. The fourth-order valence-corrected chi connectivity index (χ4v) is 2.76. The average Bonchev–Trinajstić information content (AvgIpc) is 2.77. The minimum Gasteiger partial charge on any atom is -0.333 e. The molecular formula is C15H20N4. The van der Waals surface area contributed by atoms with Crippen molar-refractivity contribution in [3.05, 3.63) is 53.1 Å². The van der Waals surface area contributed by atoms with E-state index in [-0.39, 0.29) is 0 Å². The van der Waals surface area contributed by atoms with Crippen molar-refractivity contribution in [3.8, 4) is 0 Å². The first-order valence-corrected chi connectivity index (χ1v) is 6.77. The lowest BCUT2D eigenvalue weighted by Crippen LogP contribution is -2.31. The number of nitrogens with two attached hydrogens (primary N) is 1. The number of hydrogen-bond acceptors (Lipinski definition) is 3. The van der Waals surface area contributed by atoms with Crippen molar-refractivity contribution in [2.24, 2.45) is 12.8 Å². The quantitative estimate of drug-likeness (QED) is 0.904. The first-order valence-electron chi connectivity index (χ1n) is 6.77. The highest BCUT2D eigenvalue weighted by Gasteiger charge is 2.22. The molecular weight excluding hydrogens is 236 g/mol. The zero-order valence-electron chi connectivity index (χ0n) is 11.3. The zero-order chi connectivity index (χ0) is 13.2. The van der Waals surface area contributed by atoms with E-state index in [2.05, 4.69) is 51.8 Å². The summed E-state index contributed by atoms with van der Waals surface area (Å²) in [5.41, 5.74) is 9.64. The molecule has 3 rings (SSSR count). The highest BCUT2D eigenvalue weighted by atomic mass is 15.2. The van der Waals surface area contributed by atoms with Crippen LogP contribution in [0.5, 0.6) is 0 Å². The molecule has 2 aromatic rings. The molecule has 0 fully saturated rings. The Kier molecular flexibility index (Phi) is 3.36. The molecule has 100 valence electrons. The van der Waals surface area contributed by atoms with Gasteiger partial charge in [-0.2, -0.15) is 0 Å². The topological polar surface area (TPSA) is 47.1 Å². The molecule has 1 aromatic carbocycles. The lowest BCUT2D eigenvalue weighted by atomic mass is 10.1. The van der Waals surface area contributed by atoms with Crippen LogP contribution in [-0.2, 0) is 33.1 Å². The van der Waals surface area contributed by atoms with Gasteiger partial charge in [0.25, 0.3) is 0 Å². The van der Waals surface area contributed by atoms with E-state index in [1.165, 1.54) is 17.0 Å². The molecule has 4 nitrogen and oxygen atoms in total. The van der Waals surface area contributed by atoms with Crippen molar-refractivity contribution in [3.63, 3.8) is 0 Å². The van der Waals surface area contributed by atoms with Crippen molar-refractivity contribution in [2.45, 2.75) is 26.1 Å². The number of aromatic nitrogens is 2. The van der Waals surface area contributed by atoms with E-state index in [0.29, 0.717) is 6.54 Å². The predicted octanol–water partition coefficient (Wildman–Crippen LogP) is 1.44. The van der Waals surface area contributed by atoms with Crippen LogP contribution in [-0.4, -0.2) is 21.0 Å². The van der Waals surface area contributed by atoms with Gasteiger partial charge < -0.3 is 10.3 Å². The van der Waals surface area contributed by atoms with Gasteiger partial charge in [-0.1, -0.05) is 30.3 Å². The molecule has 2 N–H and O–H groups in total. The lowest BCUT2D eigenvalue weighted by Gasteiger charge is -2.27. The van der Waals surface area contributed by atoms with Gasteiger partial charge in [-0.25, -0.2) is 4.98 Å². The van der Waals surface area contributed by atoms with Gasteiger partial charge >= 0.3 is 0 Å². The van der Waals surface area contributed by atoms with Gasteiger partial charge in [0.05, 0.1) is 17.9 Å². The number of hydrogen-bond donors (Lipinski definition) is 1. The molecule has 1 aliphatic heterocycles. The Morgan fingerprint density at radius 1 is 1.26 bits per heavy atom. The van der Waals surface area contributed by atoms with Crippen LogP contribution in [0.2, 0.25) is 0 Å². The molecule has 0 bridgehead atoms. The summed E-state index contributed by atoms with van der Waals surface area (Å²) in [6.45, 7) is 3.56. The van der Waals surface area contributed by atoms with Crippen molar-refractivity contribution in [2.75, 3.05) is 6.54 Å². The Morgan fingerprint density at radius 3 is 2.79 bits per heavy atom. The van der Waals surface area contributed by atoms with Gasteiger partial charge in [-0.3, -0.25) is 4.90 Å². The van der Waals surface area contributed by atoms with Gasteiger partial charge in [-0.15, -0.1) is 0 Å². The molecule has 0 saturated carbocycles. The van der Waals surface area contributed by atoms with Gasteiger partial charge in [0, 0.05) is 33.1 Å². The lowest BCUT2D eigenvalue weighted by molar-refractivity contribution is 0.238. The van der Waals surface area contributed by atoms with E-state index in [9.17, 15) is 0 Å². The second-order valence-electron chi connectivity index (χ2n) is 5.13. The van der Waals surface area contributed by atoms with Crippen molar-refractivity contribution in [1.82, 2.24) is 14.5 Å². The van der Waals surface area contributed by atoms with Crippen LogP contribution < -0.4 is 5.73 Å². The van der Waals surface area contributed by atoms with Crippen LogP contribution in [0.1, 0.15) is 22.8 Å². The summed E-state index contributed by atoms with van der Waals surface area (Å²) in [4.78, 5) is 7.09. The fraction of sp³-hybridized carbons (Fsp3) is 0.400. The second kappa shape index (κ2) is 5.15. The van der Waals surface area contributed by atoms with Crippen LogP contribution in [0.4, 0.5) is 0 Å². The van der Waals surface area contributed by atoms with Crippen LogP contribution in [0.3, 0.4) is 0 Å². The Bertz CT molecular complexity index is 559. The molecule has 1 aliphatic rings. The number of fused-ring (bicyclic) bond motifs is 1. The van der Waals surface area contributed by atoms with Crippen molar-refractivity contribution >= 4 is 0 Å². The van der Waals surface area contributed by atoms with E-state index in [4.69, 9.17) is 5.73 Å². The summed E-state index contributed by atoms with van der Waals surface area (Å²) < 4.78 is 2.16. The molecule has 0 spiro atoms. The van der Waals surface area contributed by atoms with Crippen LogP contribution >= 0.6 is 0 Å². The summed E-state index contributed by atoms with van der Waals surface area (Å²) in [6.07, 6.45) is 1.02. The normalized spacial score (nSPS) is 15.5. The van der Waals surface area contributed by atoms with E-state index < -0.39 is 0 Å². The third-order valence-electron chi connectivity index (χ3n) is 3.86. The minimum absolute atomic E-state index is 0.516. The maximum Gasteiger partial charge on any atom is 0.122 e. The van der Waals surface area contributed by atoms with E-state index in [0.717, 1.165) is 31.9 Å². The Balaban J connectivity index is 1.77. The smallest absolute Gasteiger partial charge is 0.122 e. The largest absolute Gasteiger partial charge is 0.333 e. The van der Waals surface area contributed by atoms with Gasteiger partial charge in [0.15, 0.2) is 0 Å². The average molecular weight is 256 g/mol. The SMILES string of the molecule is Cn1c(CN)nc2c1CN(Cc1ccccc1)CC2. The number of rotatable bonds is 3. The highest BCUT2D eigenvalue weighted by Crippen LogP contribution is 2.20. The maximum absolute atomic E-state index is 5.72.